The van der Waals surface area contributed by atoms with E-state index in [1.54, 1.807) is 0 Å². The van der Waals surface area contributed by atoms with Gasteiger partial charge in [-0.1, -0.05) is 0 Å². The molecule has 0 spiro atoms. The third kappa shape index (κ3) is 9.40. The monoisotopic (exact) mass is 202 g/mol. The summed E-state index contributed by atoms with van der Waals surface area (Å²) in [4.78, 5) is 0. The zero-order valence-electron chi connectivity index (χ0n) is 5.77. The number of hydrogen-bond acceptors (Lipinski definition) is 0. The molecule has 0 aromatic carbocycles. The average Bonchev–Trinajstić information content (AvgIpc) is 0. The number of rotatable bonds is 0. The van der Waals surface area contributed by atoms with Crippen LogP contribution < -0.4 is 51.4 Å². The Hall–Kier alpha value is 4.04. The molecule has 0 aliphatic rings. The van der Waals surface area contributed by atoms with E-state index in [9.17, 15) is 0 Å². The molecular weight excluding hydrogens is 200 g/mol. The summed E-state index contributed by atoms with van der Waals surface area (Å²) >= 11 is 0. The molecule has 4 heavy (non-hydrogen) atoms. The third-order valence-corrected chi connectivity index (χ3v) is 0. The Labute approximate surface area is 126 Å². The van der Waals surface area contributed by atoms with Gasteiger partial charge in [-0.15, -0.1) is 0 Å². The molecule has 0 aliphatic carbocycles. The molecule has 0 fully saturated rings. The van der Waals surface area contributed by atoms with Crippen LogP contribution in [-0.4, -0.2) is 37.7 Å². The fourth-order valence-corrected chi connectivity index (χ4v) is 0. The molecule has 4 heteroatoms. The summed E-state index contributed by atoms with van der Waals surface area (Å²) in [5, 5.41) is 0. The van der Waals surface area contributed by atoms with Crippen molar-refractivity contribution in [2.24, 2.45) is 0 Å². The van der Waals surface area contributed by atoms with E-state index in [4.69, 9.17) is 0 Å². The molecule has 0 saturated heterocycles. The van der Waals surface area contributed by atoms with Gasteiger partial charge in [-0.2, -0.15) is 0 Å². The Morgan fingerprint density at radius 1 is 1.25 bits per heavy atom. The van der Waals surface area contributed by atoms with Gasteiger partial charge in [-0.3, -0.25) is 0 Å². The first-order valence-corrected chi connectivity index (χ1v) is 0. The largest absolute Gasteiger partial charge is 2.00 e. The molecule has 0 saturated carbocycles. The van der Waals surface area contributed by atoms with Crippen LogP contribution in [0.25, 0.3) is 0 Å². The Balaban J connectivity index is 0. The maximum atomic E-state index is 0. The predicted octanol–water partition coefficient (Wildman–Crippen LogP) is -3.04. The van der Waals surface area contributed by atoms with Crippen molar-refractivity contribution in [1.29, 1.82) is 0 Å². The van der Waals surface area contributed by atoms with Gasteiger partial charge in [0.2, 0.25) is 0 Å². The van der Waals surface area contributed by atoms with Gasteiger partial charge in [0.1, 0.15) is 0 Å². The van der Waals surface area contributed by atoms with Crippen molar-refractivity contribution >= 4 is 37.7 Å². The van der Waals surface area contributed by atoms with Crippen LogP contribution in [0.1, 0.15) is 4.28 Å². The molecule has 0 rings (SSSR count). The minimum atomic E-state index is 0. The van der Waals surface area contributed by atoms with Gasteiger partial charge in [-0.05, 0) is 0 Å². The van der Waals surface area contributed by atoms with Gasteiger partial charge in [0.25, 0.3) is 0 Å². The summed E-state index contributed by atoms with van der Waals surface area (Å²) < 4.78 is 0. The molecule has 0 N–H and O–H groups in total. The molecule has 0 radical (unpaired) electrons. The minimum absolute atomic E-state index is 0. The van der Waals surface area contributed by atoms with Crippen LogP contribution in [0.5, 0.6) is 0 Å². The maximum Gasteiger partial charge on any atom is 2.00 e. The topological polar surface area (TPSA) is 0 Å². The van der Waals surface area contributed by atoms with Crippen LogP contribution in [0.15, 0.2) is 0 Å². The van der Waals surface area contributed by atoms with Crippen molar-refractivity contribution in [2.75, 3.05) is 0 Å². The van der Waals surface area contributed by atoms with E-state index in [2.05, 4.69) is 0 Å². The smallest absolute Gasteiger partial charge is 1.00 e. The SMILES string of the molecule is [Ca+2].[Fe].[H-].[H-].[H-].[K+].[Zn]. The standard InChI is InChI=1S/Ca.Fe.K.Zn.3H/q+2;;+1;;3*-1. The molecule has 0 nitrogen and oxygen atoms in total. The normalized spacial score (nSPS) is 0. The van der Waals surface area contributed by atoms with Crippen molar-refractivity contribution in [3.8, 4) is 0 Å². The van der Waals surface area contributed by atoms with E-state index in [0.717, 1.165) is 0 Å². The molecule has 0 bridgehead atoms. The van der Waals surface area contributed by atoms with Gasteiger partial charge in [0, 0.05) is 36.5 Å². The van der Waals surface area contributed by atoms with Crippen LogP contribution in [0.3, 0.4) is 0 Å². The second-order valence-corrected chi connectivity index (χ2v) is 0. The molecule has 16 valence electrons. The van der Waals surface area contributed by atoms with E-state index >= 15 is 0 Å². The Morgan fingerprint density at radius 3 is 1.25 bits per heavy atom. The van der Waals surface area contributed by atoms with Crippen LogP contribution >= 0.6 is 0 Å². The van der Waals surface area contributed by atoms with Gasteiger partial charge < -0.3 is 4.28 Å². The average molecular weight is 203 g/mol. The first-order valence-electron chi connectivity index (χ1n) is 0. The summed E-state index contributed by atoms with van der Waals surface area (Å²) in [7, 11) is 0. The van der Waals surface area contributed by atoms with Crippen LogP contribution in [-0.2, 0) is 36.5 Å². The molecule has 0 aliphatic heterocycles. The Morgan fingerprint density at radius 2 is 1.25 bits per heavy atom. The van der Waals surface area contributed by atoms with Crippen LogP contribution in [0.2, 0.25) is 0 Å². The van der Waals surface area contributed by atoms with E-state index in [-0.39, 0.29) is 130 Å². The van der Waals surface area contributed by atoms with Crippen molar-refractivity contribution in [3.63, 3.8) is 0 Å². The molecule has 0 amide bonds. The summed E-state index contributed by atoms with van der Waals surface area (Å²) in [5.41, 5.74) is 0. The summed E-state index contributed by atoms with van der Waals surface area (Å²) in [6.07, 6.45) is 0. The van der Waals surface area contributed by atoms with Crippen molar-refractivity contribution in [3.05, 3.63) is 0 Å². The molecule has 0 atom stereocenters. The second kappa shape index (κ2) is 15.7. The summed E-state index contributed by atoms with van der Waals surface area (Å²) in [6.45, 7) is 0. The summed E-state index contributed by atoms with van der Waals surface area (Å²) in [5.74, 6) is 0. The van der Waals surface area contributed by atoms with Gasteiger partial charge in [-0.25, -0.2) is 0 Å². The van der Waals surface area contributed by atoms with Gasteiger partial charge >= 0.3 is 89.1 Å². The fourth-order valence-electron chi connectivity index (χ4n) is 0. The predicted molar refractivity (Wildman–Crippen MR) is 9.09 cm³/mol. The molecule has 0 heterocycles. The van der Waals surface area contributed by atoms with Crippen molar-refractivity contribution < 1.29 is 92.2 Å². The first-order chi connectivity index (χ1) is 0. The van der Waals surface area contributed by atoms with Crippen molar-refractivity contribution in [1.82, 2.24) is 0 Å². The maximum absolute atomic E-state index is 0. The second-order valence-electron chi connectivity index (χ2n) is 0. The fraction of sp³-hybridized carbons (Fsp3) is 0. The molecule has 0 aromatic rings. The minimum Gasteiger partial charge on any atom is -1.00 e. The van der Waals surface area contributed by atoms with Crippen LogP contribution in [0, 0.1) is 0 Å². The zero-order chi connectivity index (χ0) is 0. The Bertz CT molecular complexity index is 14.9. The van der Waals surface area contributed by atoms with E-state index in [1.807, 2.05) is 0 Å². The van der Waals surface area contributed by atoms with Gasteiger partial charge in [0.05, 0.1) is 0 Å². The summed E-state index contributed by atoms with van der Waals surface area (Å²) in [6, 6.07) is 0. The molecule has 0 aromatic heterocycles. The quantitative estimate of drug-likeness (QED) is 0.367. The van der Waals surface area contributed by atoms with E-state index < -0.39 is 0 Å². The Kier molecular flexibility index (Phi) is 96.1. The van der Waals surface area contributed by atoms with Crippen molar-refractivity contribution in [2.45, 2.75) is 0 Å². The number of hydrogen-bond donors (Lipinski definition) is 0. The zero-order valence-corrected chi connectivity index (χ0v) is 12.2. The molecule has 0 unspecified atom stereocenters. The van der Waals surface area contributed by atoms with E-state index in [1.165, 1.54) is 0 Å². The van der Waals surface area contributed by atoms with E-state index in [0.29, 0.717) is 0 Å². The van der Waals surface area contributed by atoms with Crippen LogP contribution in [0.4, 0.5) is 0 Å². The first kappa shape index (κ1) is 24.4. The third-order valence-electron chi connectivity index (χ3n) is 0. The van der Waals surface area contributed by atoms with Gasteiger partial charge in [0.15, 0.2) is 0 Å². The molecular formula is H3CaFeKZn.